The number of fused-ring (bicyclic) bond motifs is 5. The summed E-state index contributed by atoms with van der Waals surface area (Å²) in [6.45, 7) is 9.44. The number of carbonyl (C=O) groups is 1. The molecular weight excluding hydrogens is 610 g/mol. The number of nitrogens with one attached hydrogen (secondary N) is 1. The standard InChI is InChI=1S/C39H57NO8/c1-21-26-18-23-8-6-13-38(37(4,44)33(42)31(21)48-32(26)34(43)40-23)20-22-9-10-25-29-27(12-15-36(38,3)39(22,29)45)35(2)14-11-24(19-28(35)30(25)41)47-17-7-16-46-5/h21-24,26-28,31-34,40,42-45H,7-12,14-20H2,1-5H3. The molecule has 3 bridgehead atoms. The van der Waals surface area contributed by atoms with Crippen molar-refractivity contribution < 1.29 is 39.4 Å². The van der Waals surface area contributed by atoms with Crippen LogP contribution in [-0.4, -0.2) is 94.4 Å². The summed E-state index contributed by atoms with van der Waals surface area (Å²) in [4.78, 5) is 14.6. The number of hydrogen-bond donors (Lipinski definition) is 5. The van der Waals surface area contributed by atoms with Gasteiger partial charge in [0.1, 0.15) is 24.0 Å². The molecule has 48 heavy (non-hydrogen) atoms. The summed E-state index contributed by atoms with van der Waals surface area (Å²) >= 11 is 0. The number of ether oxygens (including phenoxy) is 3. The maximum absolute atomic E-state index is 14.6. The average Bonchev–Trinajstić information content (AvgIpc) is 3.48. The minimum atomic E-state index is -1.73. The zero-order chi connectivity index (χ0) is 34.0. The molecule has 1 spiro atoms. The number of piperidine rings is 1. The van der Waals surface area contributed by atoms with Crippen LogP contribution in [0.4, 0.5) is 0 Å². The normalized spacial score (nSPS) is 55.2. The largest absolute Gasteiger partial charge is 0.387 e. The summed E-state index contributed by atoms with van der Waals surface area (Å²) in [5.74, 6) is 6.97. The Hall–Kier alpha value is -1.35. The summed E-state index contributed by atoms with van der Waals surface area (Å²) in [7, 11) is 1.70. The quantitative estimate of drug-likeness (QED) is 0.221. The lowest BCUT2D eigenvalue weighted by Gasteiger charge is -2.64. The van der Waals surface area contributed by atoms with Crippen molar-refractivity contribution >= 4 is 5.78 Å². The molecule has 3 saturated carbocycles. The Morgan fingerprint density at radius 1 is 1.02 bits per heavy atom. The Morgan fingerprint density at radius 3 is 2.58 bits per heavy atom. The van der Waals surface area contributed by atoms with Gasteiger partial charge in [0.15, 0.2) is 5.78 Å². The molecule has 6 aliphatic carbocycles. The molecule has 8 rings (SSSR count). The van der Waals surface area contributed by atoms with E-state index in [9.17, 15) is 25.2 Å². The van der Waals surface area contributed by atoms with Crippen molar-refractivity contribution in [3.63, 3.8) is 0 Å². The van der Waals surface area contributed by atoms with Gasteiger partial charge in [-0.15, -0.1) is 5.92 Å². The fourth-order valence-corrected chi connectivity index (χ4v) is 13.2. The smallest absolute Gasteiger partial charge is 0.162 e. The minimum Gasteiger partial charge on any atom is -0.387 e. The number of carbonyl (C=O) groups excluding carboxylic acids is 1. The Morgan fingerprint density at radius 2 is 1.81 bits per heavy atom. The van der Waals surface area contributed by atoms with Crippen LogP contribution < -0.4 is 5.32 Å². The van der Waals surface area contributed by atoms with Crippen molar-refractivity contribution in [2.45, 2.75) is 146 Å². The molecule has 8 aliphatic rings. The number of aliphatic hydroxyl groups excluding tert-OH is 2. The van der Waals surface area contributed by atoms with Gasteiger partial charge < -0.3 is 34.6 Å². The van der Waals surface area contributed by atoms with E-state index in [-0.39, 0.29) is 52.9 Å². The van der Waals surface area contributed by atoms with E-state index in [0.29, 0.717) is 45.3 Å². The van der Waals surface area contributed by atoms with Gasteiger partial charge in [-0.25, -0.2) is 0 Å². The van der Waals surface area contributed by atoms with Crippen LogP contribution in [0.2, 0.25) is 0 Å². The zero-order valence-corrected chi connectivity index (χ0v) is 29.5. The number of methoxy groups -OCH3 is 1. The van der Waals surface area contributed by atoms with Gasteiger partial charge in [-0.1, -0.05) is 26.7 Å². The summed E-state index contributed by atoms with van der Waals surface area (Å²) in [6, 6.07) is -0.0349. The van der Waals surface area contributed by atoms with Crippen LogP contribution in [0.15, 0.2) is 11.1 Å². The Bertz CT molecular complexity index is 1430. The molecule has 0 aromatic rings. The Kier molecular flexibility index (Phi) is 7.97. The fraction of sp³-hybridized carbons (Fsp3) is 0.872. The van der Waals surface area contributed by atoms with E-state index >= 15 is 0 Å². The molecule has 9 heteroatoms. The number of aliphatic hydroxyl groups is 4. The molecule has 0 aromatic carbocycles. The van der Waals surface area contributed by atoms with Crippen LogP contribution in [0.25, 0.3) is 0 Å². The predicted octanol–water partition coefficient (Wildman–Crippen LogP) is 3.26. The van der Waals surface area contributed by atoms with E-state index in [1.54, 1.807) is 14.0 Å². The molecule has 2 aliphatic heterocycles. The molecular formula is C39H57NO8. The van der Waals surface area contributed by atoms with Gasteiger partial charge in [0.05, 0.1) is 23.2 Å². The van der Waals surface area contributed by atoms with E-state index < -0.39 is 46.6 Å². The van der Waals surface area contributed by atoms with Gasteiger partial charge in [-0.3, -0.25) is 10.1 Å². The lowest BCUT2D eigenvalue weighted by molar-refractivity contribution is -0.225. The summed E-state index contributed by atoms with van der Waals surface area (Å²) in [5.41, 5.74) is -3.63. The third-order valence-corrected chi connectivity index (χ3v) is 15.8. The highest BCUT2D eigenvalue weighted by molar-refractivity contribution is 6.00. The van der Waals surface area contributed by atoms with Crippen molar-refractivity contribution in [2.75, 3.05) is 20.3 Å². The van der Waals surface area contributed by atoms with Crippen molar-refractivity contribution in [2.24, 2.45) is 45.8 Å². The molecule has 5 N–H and O–H groups in total. The minimum absolute atomic E-state index is 0.0349. The molecule has 0 aromatic heterocycles. The predicted molar refractivity (Wildman–Crippen MR) is 177 cm³/mol. The van der Waals surface area contributed by atoms with E-state index in [1.807, 2.05) is 0 Å². The topological polar surface area (TPSA) is 138 Å². The number of ketones is 1. The highest BCUT2D eigenvalue weighted by atomic mass is 16.5. The maximum Gasteiger partial charge on any atom is 0.162 e. The number of rotatable bonds is 5. The zero-order valence-electron chi connectivity index (χ0n) is 29.5. The first kappa shape index (κ1) is 33.8. The van der Waals surface area contributed by atoms with Gasteiger partial charge in [0.2, 0.25) is 0 Å². The molecule has 0 amide bonds. The molecule has 9 nitrogen and oxygen atoms in total. The Balaban J connectivity index is 1.20. The average molecular weight is 668 g/mol. The second kappa shape index (κ2) is 11.3. The van der Waals surface area contributed by atoms with Crippen LogP contribution in [0, 0.1) is 57.7 Å². The van der Waals surface area contributed by atoms with Crippen molar-refractivity contribution in [1.29, 1.82) is 0 Å². The van der Waals surface area contributed by atoms with Gasteiger partial charge in [-0.05, 0) is 111 Å². The lowest BCUT2D eigenvalue weighted by atomic mass is 9.41. The number of allylic oxidation sites excluding steroid dienone is 1. The molecule has 0 radical (unpaired) electrons. The first-order valence-corrected chi connectivity index (χ1v) is 18.9. The number of hydrogen-bond acceptors (Lipinski definition) is 9. The van der Waals surface area contributed by atoms with Crippen LogP contribution in [0.1, 0.15) is 98.3 Å². The maximum atomic E-state index is 14.6. The Labute approximate surface area is 285 Å². The first-order valence-electron chi connectivity index (χ1n) is 18.9. The van der Waals surface area contributed by atoms with Crippen LogP contribution in [0.3, 0.4) is 0 Å². The van der Waals surface area contributed by atoms with E-state index in [2.05, 4.69) is 37.9 Å². The summed E-state index contributed by atoms with van der Waals surface area (Å²) < 4.78 is 17.9. The third kappa shape index (κ3) is 4.18. The van der Waals surface area contributed by atoms with E-state index in [1.165, 1.54) is 0 Å². The van der Waals surface area contributed by atoms with Crippen LogP contribution in [-0.2, 0) is 19.0 Å². The molecule has 266 valence electrons. The number of Topliss-reactive ketones (excluding diaryl/α,β-unsaturated/α-hetero) is 1. The van der Waals surface area contributed by atoms with Crippen molar-refractivity contribution in [3.8, 4) is 11.8 Å². The highest BCUT2D eigenvalue weighted by Gasteiger charge is 2.80. The first-order chi connectivity index (χ1) is 22.7. The van der Waals surface area contributed by atoms with Gasteiger partial charge >= 0.3 is 0 Å². The lowest BCUT2D eigenvalue weighted by Crippen LogP contribution is -2.69. The van der Waals surface area contributed by atoms with Gasteiger partial charge in [0.25, 0.3) is 0 Å². The van der Waals surface area contributed by atoms with Crippen LogP contribution >= 0.6 is 0 Å². The third-order valence-electron chi connectivity index (χ3n) is 15.8. The second-order valence-corrected chi connectivity index (χ2v) is 17.7. The molecule has 5 fully saturated rings. The van der Waals surface area contributed by atoms with Crippen LogP contribution in [0.5, 0.6) is 0 Å². The van der Waals surface area contributed by atoms with Crippen molar-refractivity contribution in [1.82, 2.24) is 5.32 Å². The van der Waals surface area contributed by atoms with E-state index in [0.717, 1.165) is 49.7 Å². The monoisotopic (exact) mass is 667 g/mol. The SMILES string of the molecule is COCCCOC1CCC2(C)C(C1)C(=O)C1=C3C2CCC2(C)C3(O)C(CC1)CC21C#CCC2CC3C(C)C(OC3C(O)N2)C(O)C1(C)O. The highest BCUT2D eigenvalue weighted by Crippen LogP contribution is 2.77. The van der Waals surface area contributed by atoms with E-state index in [4.69, 9.17) is 14.2 Å². The van der Waals surface area contributed by atoms with Crippen molar-refractivity contribution in [3.05, 3.63) is 11.1 Å². The molecule has 2 heterocycles. The second-order valence-electron chi connectivity index (χ2n) is 17.7. The van der Waals surface area contributed by atoms with Gasteiger partial charge in [-0.2, -0.15) is 0 Å². The molecule has 2 saturated heterocycles. The molecule has 16 unspecified atom stereocenters. The summed E-state index contributed by atoms with van der Waals surface area (Å²) in [6.07, 6.45) is 4.53. The molecule has 16 atom stereocenters. The fourth-order valence-electron chi connectivity index (χ4n) is 13.2. The van der Waals surface area contributed by atoms with Gasteiger partial charge in [0, 0.05) is 44.1 Å². The summed E-state index contributed by atoms with van der Waals surface area (Å²) in [5, 5.41) is 52.9.